The predicted molar refractivity (Wildman–Crippen MR) is 84.4 cm³/mol. The number of hydrogen-bond acceptors (Lipinski definition) is 6. The maximum atomic E-state index is 11.3. The van der Waals surface area contributed by atoms with E-state index in [0.29, 0.717) is 28.4 Å². The molecule has 0 amide bonds. The van der Waals surface area contributed by atoms with Crippen LogP contribution in [0.2, 0.25) is 0 Å². The molecule has 0 saturated carbocycles. The van der Waals surface area contributed by atoms with E-state index < -0.39 is 0 Å². The zero-order valence-electron chi connectivity index (χ0n) is 12.9. The number of carbonyl (C=O) groups excluding carboxylic acids is 1. The van der Waals surface area contributed by atoms with Crippen molar-refractivity contribution in [3.8, 4) is 0 Å². The smallest absolute Gasteiger partial charge is 0.178 e. The number of carbonyl (C=O) groups is 1. The number of Topliss-reactive ketones (excluding diaryl/α,β-unsaturated/α-hetero) is 1. The van der Waals surface area contributed by atoms with Gasteiger partial charge in [-0.2, -0.15) is 4.52 Å². The van der Waals surface area contributed by atoms with Crippen LogP contribution >= 0.6 is 0 Å². The lowest BCUT2D eigenvalue weighted by Crippen LogP contribution is -2.08. The molecule has 0 radical (unpaired) electrons. The summed E-state index contributed by atoms with van der Waals surface area (Å²) in [6, 6.07) is 1.55. The van der Waals surface area contributed by atoms with Crippen LogP contribution in [0.1, 0.15) is 43.9 Å². The second kappa shape index (κ2) is 8.47. The minimum Gasteiger partial charge on any atom is -0.403 e. The predicted octanol–water partition coefficient (Wildman–Crippen LogP) is 1.76. The van der Waals surface area contributed by atoms with Crippen molar-refractivity contribution in [2.75, 3.05) is 0 Å². The van der Waals surface area contributed by atoms with Gasteiger partial charge in [-0.3, -0.25) is 4.79 Å². The normalized spacial score (nSPS) is 8.95. The van der Waals surface area contributed by atoms with Gasteiger partial charge in [0.05, 0.1) is 17.6 Å². The molecular weight excluding hydrogens is 268 g/mol. The van der Waals surface area contributed by atoms with Gasteiger partial charge in [0.1, 0.15) is 5.69 Å². The Labute approximate surface area is 124 Å². The van der Waals surface area contributed by atoms with Gasteiger partial charge >= 0.3 is 0 Å². The van der Waals surface area contributed by atoms with Crippen LogP contribution < -0.4 is 11.5 Å². The number of rotatable bonds is 2. The van der Waals surface area contributed by atoms with Crippen LogP contribution in [0.4, 0.5) is 0 Å². The Balaban J connectivity index is 0.000000579. The van der Waals surface area contributed by atoms with E-state index in [2.05, 4.69) is 28.5 Å². The first-order valence-corrected chi connectivity index (χ1v) is 6.41. The van der Waals surface area contributed by atoms with E-state index >= 15 is 0 Å². The second-order valence-electron chi connectivity index (χ2n) is 3.96. The average Bonchev–Trinajstić information content (AvgIpc) is 2.86. The molecule has 2 rings (SSSR count). The van der Waals surface area contributed by atoms with E-state index in [1.807, 2.05) is 13.8 Å². The molecule has 0 aliphatic carbocycles. The number of nitrogens with two attached hydrogens (primary N) is 2. The molecule has 0 spiro atoms. The first kappa shape index (κ1) is 18.3. The topological polar surface area (TPSA) is 112 Å². The molecule has 4 N–H and O–H groups in total. The quantitative estimate of drug-likeness (QED) is 0.815. The maximum Gasteiger partial charge on any atom is 0.178 e. The lowest BCUT2D eigenvalue weighted by atomic mass is 10.2. The molecule has 0 saturated heterocycles. The Kier molecular flexibility index (Phi) is 7.38. The number of ketones is 1. The molecular formula is C14H22N6O. The summed E-state index contributed by atoms with van der Waals surface area (Å²) in [7, 11) is 0. The minimum absolute atomic E-state index is 0.129. The number of nitrogens with zero attached hydrogens (tertiary/aromatic N) is 4. The molecule has 0 atom stereocenters. The second-order valence-corrected chi connectivity index (χ2v) is 3.96. The van der Waals surface area contributed by atoms with Gasteiger partial charge in [0, 0.05) is 6.92 Å². The molecule has 7 nitrogen and oxygen atoms in total. The lowest BCUT2D eigenvalue weighted by molar-refractivity contribution is 0.101. The molecule has 7 heteroatoms. The molecule has 21 heavy (non-hydrogen) atoms. The third kappa shape index (κ3) is 5.43. The van der Waals surface area contributed by atoms with Crippen molar-refractivity contribution >= 4 is 17.1 Å². The molecule has 0 aliphatic heterocycles. The van der Waals surface area contributed by atoms with E-state index in [1.165, 1.54) is 17.6 Å². The summed E-state index contributed by atoms with van der Waals surface area (Å²) in [5.74, 6) is -0.129. The molecule has 0 aliphatic rings. The van der Waals surface area contributed by atoms with E-state index in [0.717, 1.165) is 0 Å². The van der Waals surface area contributed by atoms with Gasteiger partial charge in [0.2, 0.25) is 0 Å². The van der Waals surface area contributed by atoms with Crippen LogP contribution in [0.5, 0.6) is 0 Å². The van der Waals surface area contributed by atoms with Crippen molar-refractivity contribution in [2.24, 2.45) is 11.5 Å². The Bertz CT molecular complexity index is 640. The molecule has 2 aromatic heterocycles. The van der Waals surface area contributed by atoms with Crippen molar-refractivity contribution in [2.45, 2.75) is 27.7 Å². The van der Waals surface area contributed by atoms with E-state index in [9.17, 15) is 4.79 Å². The highest BCUT2D eigenvalue weighted by Gasteiger charge is 2.11. The Morgan fingerprint density at radius 1 is 1.24 bits per heavy atom. The summed E-state index contributed by atoms with van der Waals surface area (Å²) in [5.41, 5.74) is 12.7. The third-order valence-corrected chi connectivity index (χ3v) is 1.96. The molecule has 0 unspecified atom stereocenters. The zero-order valence-corrected chi connectivity index (χ0v) is 12.9. The summed E-state index contributed by atoms with van der Waals surface area (Å²) >= 11 is 0. The van der Waals surface area contributed by atoms with Gasteiger partial charge in [0.25, 0.3) is 0 Å². The molecule has 0 aromatic carbocycles. The van der Waals surface area contributed by atoms with Crippen LogP contribution in [0.3, 0.4) is 0 Å². The maximum absolute atomic E-state index is 11.3. The highest BCUT2D eigenvalue weighted by Crippen LogP contribution is 2.10. The van der Waals surface area contributed by atoms with E-state index in [-0.39, 0.29) is 5.78 Å². The molecule has 0 fully saturated rings. The summed E-state index contributed by atoms with van der Waals surface area (Å²) in [4.78, 5) is 15.5. The highest BCUT2D eigenvalue weighted by molar-refractivity contribution is 5.93. The van der Waals surface area contributed by atoms with Gasteiger partial charge in [0.15, 0.2) is 11.4 Å². The fourth-order valence-corrected chi connectivity index (χ4v) is 1.24. The van der Waals surface area contributed by atoms with Crippen molar-refractivity contribution in [3.63, 3.8) is 0 Å². The van der Waals surface area contributed by atoms with Crippen LogP contribution in [0, 0.1) is 0 Å². The van der Waals surface area contributed by atoms with Gasteiger partial charge < -0.3 is 11.5 Å². The lowest BCUT2D eigenvalue weighted by Gasteiger charge is -2.03. The third-order valence-electron chi connectivity index (χ3n) is 1.96. The zero-order chi connectivity index (χ0) is 16.6. The molecule has 114 valence electrons. The monoisotopic (exact) mass is 290 g/mol. The minimum atomic E-state index is -0.129. The largest absolute Gasteiger partial charge is 0.403 e. The SMILES string of the molecule is C=C(C)N.C=C(N)c1cc(C(C)=O)n2nncc2n1.CC. The van der Waals surface area contributed by atoms with Gasteiger partial charge in [-0.25, -0.2) is 4.98 Å². The van der Waals surface area contributed by atoms with Crippen molar-refractivity contribution in [3.05, 3.63) is 42.5 Å². The van der Waals surface area contributed by atoms with Gasteiger partial charge in [-0.15, -0.1) is 5.10 Å². The van der Waals surface area contributed by atoms with Crippen LogP contribution in [-0.2, 0) is 0 Å². The summed E-state index contributed by atoms with van der Waals surface area (Å²) in [6.45, 7) is 14.1. The molecule has 2 aromatic rings. The van der Waals surface area contributed by atoms with Gasteiger partial charge in [-0.05, 0) is 18.7 Å². The summed E-state index contributed by atoms with van der Waals surface area (Å²) in [5, 5.41) is 7.43. The Morgan fingerprint density at radius 2 is 1.76 bits per heavy atom. The fourth-order valence-electron chi connectivity index (χ4n) is 1.24. The van der Waals surface area contributed by atoms with Crippen molar-refractivity contribution < 1.29 is 4.79 Å². The summed E-state index contributed by atoms with van der Waals surface area (Å²) in [6.07, 6.45) is 1.46. The first-order chi connectivity index (χ1) is 9.82. The van der Waals surface area contributed by atoms with Crippen molar-refractivity contribution in [1.82, 2.24) is 19.8 Å². The summed E-state index contributed by atoms with van der Waals surface area (Å²) < 4.78 is 1.37. The molecule has 2 heterocycles. The number of hydrogen-bond donors (Lipinski definition) is 2. The fraction of sp³-hybridized carbons (Fsp3) is 0.286. The molecule has 0 bridgehead atoms. The average molecular weight is 290 g/mol. The van der Waals surface area contributed by atoms with E-state index in [1.54, 1.807) is 13.0 Å². The van der Waals surface area contributed by atoms with Crippen LogP contribution in [0.15, 0.2) is 31.1 Å². The van der Waals surface area contributed by atoms with E-state index in [4.69, 9.17) is 11.5 Å². The first-order valence-electron chi connectivity index (χ1n) is 6.41. The Morgan fingerprint density at radius 3 is 2.19 bits per heavy atom. The standard InChI is InChI=1S/C9H9N5O.C3H7N.C2H6/c1-5(10)7-3-8(6(2)15)14-9(12-7)4-11-13-14;1-3(2)4;1-2/h3-4H,1,10H2,2H3;1,4H2,2H3;1-2H3. The number of allylic oxidation sites excluding steroid dienone is 1. The van der Waals surface area contributed by atoms with Crippen LogP contribution in [-0.4, -0.2) is 25.6 Å². The van der Waals surface area contributed by atoms with Gasteiger partial charge in [-0.1, -0.05) is 32.2 Å². The Hall–Kier alpha value is -2.70. The number of fused-ring (bicyclic) bond motifs is 1. The number of aromatic nitrogens is 4. The van der Waals surface area contributed by atoms with Crippen LogP contribution in [0.25, 0.3) is 11.3 Å². The van der Waals surface area contributed by atoms with Crippen molar-refractivity contribution in [1.29, 1.82) is 0 Å². The highest BCUT2D eigenvalue weighted by atomic mass is 16.1.